The molecule has 1 amide bonds. The lowest BCUT2D eigenvalue weighted by Gasteiger charge is -2.32. The molecule has 0 aliphatic carbocycles. The predicted molar refractivity (Wildman–Crippen MR) is 82.0 cm³/mol. The van der Waals surface area contributed by atoms with Crippen LogP contribution in [0.15, 0.2) is 24.3 Å². The van der Waals surface area contributed by atoms with Crippen LogP contribution in [0.25, 0.3) is 0 Å². The van der Waals surface area contributed by atoms with E-state index in [2.05, 4.69) is 0 Å². The number of amides is 1. The summed E-state index contributed by atoms with van der Waals surface area (Å²) in [7, 11) is 0. The second kappa shape index (κ2) is 7.56. The van der Waals surface area contributed by atoms with Gasteiger partial charge in [0.05, 0.1) is 13.0 Å². The standard InChI is InChI=1S/C14H16ClNO4S/c15-10-2-1-3-11(8-10)20-6-4-13(17)16-5-7-21-9-12(16)14(18)19/h1-3,8,12H,4-7,9H2,(H,18,19). The molecule has 114 valence electrons. The van der Waals surface area contributed by atoms with Crippen molar-refractivity contribution in [2.24, 2.45) is 0 Å². The third-order valence-electron chi connectivity index (χ3n) is 3.11. The van der Waals surface area contributed by atoms with Gasteiger partial charge in [0.1, 0.15) is 11.8 Å². The third kappa shape index (κ3) is 4.54. The molecule has 1 aromatic rings. The largest absolute Gasteiger partial charge is 0.493 e. The molecule has 1 saturated heterocycles. The van der Waals surface area contributed by atoms with Gasteiger partial charge in [-0.25, -0.2) is 4.79 Å². The van der Waals surface area contributed by atoms with Gasteiger partial charge in [0.15, 0.2) is 0 Å². The monoisotopic (exact) mass is 329 g/mol. The minimum absolute atomic E-state index is 0.154. The summed E-state index contributed by atoms with van der Waals surface area (Å²) in [6.45, 7) is 0.673. The Hall–Kier alpha value is -1.40. The molecule has 0 radical (unpaired) electrons. The zero-order chi connectivity index (χ0) is 15.2. The molecule has 7 heteroatoms. The lowest BCUT2D eigenvalue weighted by molar-refractivity contribution is -0.149. The maximum Gasteiger partial charge on any atom is 0.327 e. The van der Waals surface area contributed by atoms with Crippen LogP contribution in [0.5, 0.6) is 5.75 Å². The van der Waals surface area contributed by atoms with E-state index >= 15 is 0 Å². The van der Waals surface area contributed by atoms with E-state index in [0.29, 0.717) is 23.1 Å². The number of ether oxygens (including phenoxy) is 1. The van der Waals surface area contributed by atoms with Gasteiger partial charge in [-0.3, -0.25) is 4.79 Å². The summed E-state index contributed by atoms with van der Waals surface area (Å²) in [5.41, 5.74) is 0. The molecule has 0 bridgehead atoms. The van der Waals surface area contributed by atoms with E-state index in [0.717, 1.165) is 5.75 Å². The molecule has 0 saturated carbocycles. The average molecular weight is 330 g/mol. The zero-order valence-corrected chi connectivity index (χ0v) is 12.9. The van der Waals surface area contributed by atoms with Crippen LogP contribution in [-0.2, 0) is 9.59 Å². The highest BCUT2D eigenvalue weighted by atomic mass is 35.5. The molecule has 21 heavy (non-hydrogen) atoms. The number of aliphatic carboxylic acids is 1. The molecule has 1 fully saturated rings. The summed E-state index contributed by atoms with van der Waals surface area (Å²) in [4.78, 5) is 24.7. The topological polar surface area (TPSA) is 66.8 Å². The fraction of sp³-hybridized carbons (Fsp3) is 0.429. The molecule has 1 aliphatic heterocycles. The number of hydrogen-bond donors (Lipinski definition) is 1. The predicted octanol–water partition coefficient (Wildman–Crippen LogP) is 2.14. The lowest BCUT2D eigenvalue weighted by Crippen LogP contribution is -2.50. The van der Waals surface area contributed by atoms with E-state index in [1.165, 1.54) is 4.90 Å². The van der Waals surface area contributed by atoms with Crippen LogP contribution in [0.1, 0.15) is 6.42 Å². The maximum absolute atomic E-state index is 12.1. The van der Waals surface area contributed by atoms with Crippen LogP contribution in [0.4, 0.5) is 0 Å². The zero-order valence-electron chi connectivity index (χ0n) is 11.3. The van der Waals surface area contributed by atoms with Crippen LogP contribution in [0.3, 0.4) is 0 Å². The fourth-order valence-corrected chi connectivity index (χ4v) is 3.28. The number of benzene rings is 1. The minimum atomic E-state index is -0.952. The minimum Gasteiger partial charge on any atom is -0.493 e. The van der Waals surface area contributed by atoms with Crippen molar-refractivity contribution in [3.8, 4) is 5.75 Å². The van der Waals surface area contributed by atoms with Gasteiger partial charge >= 0.3 is 5.97 Å². The molecule has 2 rings (SSSR count). The molecule has 1 heterocycles. The Morgan fingerprint density at radius 1 is 1.48 bits per heavy atom. The summed E-state index contributed by atoms with van der Waals surface area (Å²) in [5, 5.41) is 9.71. The Labute approximate surface area is 132 Å². The van der Waals surface area contributed by atoms with Crippen LogP contribution >= 0.6 is 23.4 Å². The molecule has 1 aromatic carbocycles. The molecule has 1 aliphatic rings. The average Bonchev–Trinajstić information content (AvgIpc) is 2.47. The van der Waals surface area contributed by atoms with Gasteiger partial charge in [0, 0.05) is 23.1 Å². The number of carboxylic acid groups (broad SMARTS) is 1. The van der Waals surface area contributed by atoms with Crippen molar-refractivity contribution < 1.29 is 19.4 Å². The maximum atomic E-state index is 12.1. The van der Waals surface area contributed by atoms with E-state index in [4.69, 9.17) is 21.4 Å². The molecule has 0 spiro atoms. The molecule has 1 unspecified atom stereocenters. The van der Waals surface area contributed by atoms with E-state index in [9.17, 15) is 9.59 Å². The number of rotatable bonds is 5. The van der Waals surface area contributed by atoms with Gasteiger partial charge in [-0.05, 0) is 18.2 Å². The van der Waals surface area contributed by atoms with Crippen LogP contribution in [0, 0.1) is 0 Å². The second-order valence-electron chi connectivity index (χ2n) is 4.57. The molecule has 1 atom stereocenters. The number of hydrogen-bond acceptors (Lipinski definition) is 4. The van der Waals surface area contributed by atoms with E-state index < -0.39 is 12.0 Å². The van der Waals surface area contributed by atoms with Gasteiger partial charge in [-0.15, -0.1) is 0 Å². The first-order valence-corrected chi connectivity index (χ1v) is 8.09. The van der Waals surface area contributed by atoms with Crippen LogP contribution in [0.2, 0.25) is 5.02 Å². The Kier molecular flexibility index (Phi) is 5.76. The highest BCUT2D eigenvalue weighted by Crippen LogP contribution is 2.19. The second-order valence-corrected chi connectivity index (χ2v) is 6.16. The quantitative estimate of drug-likeness (QED) is 0.896. The molecular formula is C14H16ClNO4S. The summed E-state index contributed by atoms with van der Waals surface area (Å²) in [6.07, 6.45) is 0.154. The van der Waals surface area contributed by atoms with Crippen LogP contribution < -0.4 is 4.74 Å². The summed E-state index contributed by atoms with van der Waals surface area (Å²) >= 11 is 7.39. The van der Waals surface area contributed by atoms with Crippen molar-refractivity contribution in [1.82, 2.24) is 4.90 Å². The highest BCUT2D eigenvalue weighted by Gasteiger charge is 2.31. The first kappa shape index (κ1) is 16.0. The van der Waals surface area contributed by atoms with E-state index in [1.807, 2.05) is 0 Å². The smallest absolute Gasteiger partial charge is 0.327 e. The molecule has 5 nitrogen and oxygen atoms in total. The van der Waals surface area contributed by atoms with Crippen molar-refractivity contribution in [3.05, 3.63) is 29.3 Å². The summed E-state index contributed by atoms with van der Waals surface area (Å²) in [5.74, 6) is 0.663. The van der Waals surface area contributed by atoms with Crippen molar-refractivity contribution in [1.29, 1.82) is 0 Å². The number of nitrogens with zero attached hydrogens (tertiary/aromatic N) is 1. The normalized spacial score (nSPS) is 18.3. The first-order valence-electron chi connectivity index (χ1n) is 6.56. The third-order valence-corrected chi connectivity index (χ3v) is 4.37. The summed E-state index contributed by atoms with van der Waals surface area (Å²) in [6, 6.07) is 6.20. The highest BCUT2D eigenvalue weighted by molar-refractivity contribution is 7.99. The van der Waals surface area contributed by atoms with Gasteiger partial charge < -0.3 is 14.7 Å². The van der Waals surface area contributed by atoms with Gasteiger partial charge in [-0.2, -0.15) is 11.8 Å². The Morgan fingerprint density at radius 2 is 2.29 bits per heavy atom. The Morgan fingerprint density at radius 3 is 3.00 bits per heavy atom. The van der Waals surface area contributed by atoms with Gasteiger partial charge in [-0.1, -0.05) is 17.7 Å². The molecular weight excluding hydrogens is 314 g/mol. The van der Waals surface area contributed by atoms with Crippen molar-refractivity contribution in [2.45, 2.75) is 12.5 Å². The lowest BCUT2D eigenvalue weighted by atomic mass is 10.2. The van der Waals surface area contributed by atoms with Crippen LogP contribution in [-0.4, -0.2) is 52.6 Å². The number of carbonyl (C=O) groups excluding carboxylic acids is 1. The van der Waals surface area contributed by atoms with Gasteiger partial charge in [0.2, 0.25) is 5.91 Å². The number of thioether (sulfide) groups is 1. The number of carbonyl (C=O) groups is 2. The Bertz CT molecular complexity index is 525. The first-order chi connectivity index (χ1) is 10.1. The van der Waals surface area contributed by atoms with E-state index in [1.54, 1.807) is 36.0 Å². The SMILES string of the molecule is O=C(O)C1CSCCN1C(=O)CCOc1cccc(Cl)c1. The number of halogens is 1. The van der Waals surface area contributed by atoms with Gasteiger partial charge in [0.25, 0.3) is 0 Å². The summed E-state index contributed by atoms with van der Waals surface area (Å²) < 4.78 is 5.46. The van der Waals surface area contributed by atoms with E-state index in [-0.39, 0.29) is 18.9 Å². The molecule has 0 aromatic heterocycles. The number of carboxylic acids is 1. The Balaban J connectivity index is 1.84. The fourth-order valence-electron chi connectivity index (χ4n) is 2.06. The van der Waals surface area contributed by atoms with Crippen molar-refractivity contribution in [3.63, 3.8) is 0 Å². The van der Waals surface area contributed by atoms with Crippen molar-refractivity contribution in [2.75, 3.05) is 24.7 Å². The molecule has 1 N–H and O–H groups in total. The van der Waals surface area contributed by atoms with Crippen molar-refractivity contribution >= 4 is 35.2 Å².